The minimum absolute atomic E-state index is 0.155. The second kappa shape index (κ2) is 8.89. The molecule has 1 amide bonds. The van der Waals surface area contributed by atoms with Crippen LogP contribution in [0.4, 0.5) is 11.9 Å². The Bertz CT molecular complexity index is 1400. The Morgan fingerprint density at radius 2 is 1.61 bits per heavy atom. The average molecular weight is 436 g/mol. The number of benzene rings is 3. The highest BCUT2D eigenvalue weighted by atomic mass is 16.3. The molecule has 33 heavy (non-hydrogen) atoms. The molecule has 0 fully saturated rings. The first-order chi connectivity index (χ1) is 16.2. The lowest BCUT2D eigenvalue weighted by atomic mass is 10.2. The van der Waals surface area contributed by atoms with E-state index in [0.29, 0.717) is 22.3 Å². The maximum atomic E-state index is 12.8. The molecule has 8 nitrogen and oxygen atoms in total. The van der Waals surface area contributed by atoms with Crippen molar-refractivity contribution in [2.45, 2.75) is 6.23 Å². The summed E-state index contributed by atoms with van der Waals surface area (Å²) in [4.78, 5) is 21.8. The molecular weight excluding hydrogens is 416 g/mol. The van der Waals surface area contributed by atoms with Gasteiger partial charge in [-0.15, -0.1) is 5.10 Å². The van der Waals surface area contributed by atoms with Crippen LogP contribution in [-0.2, 0) is 0 Å². The Balaban J connectivity index is 1.55. The molecule has 8 heteroatoms. The SMILES string of the molecule is O=C(Nc1nc(NC(O)c2ccccc2)nn1-c1cccc2cccnc12)c1ccccc1. The molecule has 0 saturated carbocycles. The highest BCUT2D eigenvalue weighted by molar-refractivity contribution is 6.03. The predicted molar refractivity (Wildman–Crippen MR) is 126 cm³/mol. The molecule has 5 rings (SSSR count). The van der Waals surface area contributed by atoms with Crippen LogP contribution in [0.2, 0.25) is 0 Å². The van der Waals surface area contributed by atoms with E-state index in [0.717, 1.165) is 5.39 Å². The first-order valence-corrected chi connectivity index (χ1v) is 10.4. The number of nitrogens with zero attached hydrogens (tertiary/aromatic N) is 4. The summed E-state index contributed by atoms with van der Waals surface area (Å²) in [7, 11) is 0. The monoisotopic (exact) mass is 436 g/mol. The van der Waals surface area contributed by atoms with Crippen molar-refractivity contribution in [3.63, 3.8) is 0 Å². The fourth-order valence-corrected chi connectivity index (χ4v) is 3.49. The summed E-state index contributed by atoms with van der Waals surface area (Å²) in [6.45, 7) is 0. The number of anilines is 2. The second-order valence-electron chi connectivity index (χ2n) is 7.30. The number of carbonyl (C=O) groups is 1. The van der Waals surface area contributed by atoms with Crippen LogP contribution in [0, 0.1) is 0 Å². The van der Waals surface area contributed by atoms with Crippen LogP contribution < -0.4 is 10.6 Å². The van der Waals surface area contributed by atoms with Crippen LogP contribution in [-0.4, -0.2) is 30.8 Å². The first kappa shape index (κ1) is 20.3. The van der Waals surface area contributed by atoms with Crippen LogP contribution in [0.25, 0.3) is 16.6 Å². The smallest absolute Gasteiger partial charge is 0.258 e. The lowest BCUT2D eigenvalue weighted by Crippen LogP contribution is -2.16. The maximum absolute atomic E-state index is 12.8. The molecule has 3 aromatic carbocycles. The van der Waals surface area contributed by atoms with Crippen molar-refractivity contribution in [1.82, 2.24) is 19.7 Å². The van der Waals surface area contributed by atoms with Gasteiger partial charge < -0.3 is 10.4 Å². The quantitative estimate of drug-likeness (QED) is 0.345. The van der Waals surface area contributed by atoms with E-state index >= 15 is 0 Å². The van der Waals surface area contributed by atoms with Crippen LogP contribution in [0.5, 0.6) is 0 Å². The molecule has 0 radical (unpaired) electrons. The van der Waals surface area contributed by atoms with Gasteiger partial charge in [-0.3, -0.25) is 15.1 Å². The van der Waals surface area contributed by atoms with Crippen LogP contribution in [0.1, 0.15) is 22.1 Å². The predicted octanol–water partition coefficient (Wildman–Crippen LogP) is 4.17. The fourth-order valence-electron chi connectivity index (χ4n) is 3.49. The maximum Gasteiger partial charge on any atom is 0.258 e. The van der Waals surface area contributed by atoms with E-state index in [4.69, 9.17) is 0 Å². The molecule has 1 atom stereocenters. The zero-order chi connectivity index (χ0) is 22.6. The van der Waals surface area contributed by atoms with E-state index < -0.39 is 6.23 Å². The number of aromatic nitrogens is 4. The molecule has 0 aliphatic heterocycles. The van der Waals surface area contributed by atoms with Crippen LogP contribution in [0.3, 0.4) is 0 Å². The zero-order valence-corrected chi connectivity index (χ0v) is 17.5. The lowest BCUT2D eigenvalue weighted by molar-refractivity contribution is 0.102. The first-order valence-electron chi connectivity index (χ1n) is 10.4. The number of pyridine rings is 1. The molecule has 2 aromatic heterocycles. The Labute approximate surface area is 189 Å². The average Bonchev–Trinajstić information content (AvgIpc) is 3.26. The summed E-state index contributed by atoms with van der Waals surface area (Å²) >= 11 is 0. The molecule has 0 bridgehead atoms. The second-order valence-corrected chi connectivity index (χ2v) is 7.30. The van der Waals surface area contributed by atoms with Gasteiger partial charge in [0.2, 0.25) is 11.9 Å². The summed E-state index contributed by atoms with van der Waals surface area (Å²) in [5, 5.41) is 21.7. The molecule has 1 unspecified atom stereocenters. The summed E-state index contributed by atoms with van der Waals surface area (Å²) in [6, 6.07) is 27.5. The van der Waals surface area contributed by atoms with Crippen molar-refractivity contribution in [3.8, 4) is 5.69 Å². The van der Waals surface area contributed by atoms with Crippen molar-refractivity contribution in [2.75, 3.05) is 10.6 Å². The Morgan fingerprint density at radius 3 is 2.39 bits per heavy atom. The number of hydrogen-bond donors (Lipinski definition) is 3. The summed E-state index contributed by atoms with van der Waals surface area (Å²) in [5.74, 6) is 0.0278. The Hall–Kier alpha value is -4.56. The van der Waals surface area contributed by atoms with Gasteiger partial charge in [0.15, 0.2) is 6.23 Å². The summed E-state index contributed by atoms with van der Waals surface area (Å²) < 4.78 is 1.51. The van der Waals surface area contributed by atoms with Crippen LogP contribution >= 0.6 is 0 Å². The molecule has 2 heterocycles. The van der Waals surface area contributed by atoms with Crippen molar-refractivity contribution in [1.29, 1.82) is 0 Å². The molecule has 162 valence electrons. The Kier molecular flexibility index (Phi) is 5.48. The molecule has 0 spiro atoms. The minimum atomic E-state index is -1.02. The minimum Gasteiger partial charge on any atom is -0.369 e. The number of para-hydroxylation sites is 1. The van der Waals surface area contributed by atoms with Crippen molar-refractivity contribution >= 4 is 28.7 Å². The standard InChI is InChI=1S/C25H20N6O2/c32-22(18-9-3-1-4-10-18)27-24-29-25(28-23(33)19-11-5-2-6-12-19)31(30-24)20-15-7-13-17-14-8-16-26-21(17)20/h1-16,22,32H,(H2,27,28,29,30,33). The third-order valence-electron chi connectivity index (χ3n) is 5.09. The van der Waals surface area contributed by atoms with Gasteiger partial charge in [0.1, 0.15) is 0 Å². The van der Waals surface area contributed by atoms with Crippen molar-refractivity contribution < 1.29 is 9.90 Å². The number of aliphatic hydroxyl groups is 1. The van der Waals surface area contributed by atoms with Crippen molar-refractivity contribution in [2.24, 2.45) is 0 Å². The number of amides is 1. The van der Waals surface area contributed by atoms with Gasteiger partial charge in [-0.25, -0.2) is 0 Å². The zero-order valence-electron chi connectivity index (χ0n) is 17.5. The van der Waals surface area contributed by atoms with Crippen LogP contribution in [0.15, 0.2) is 97.2 Å². The van der Waals surface area contributed by atoms with Gasteiger partial charge in [0.25, 0.3) is 5.91 Å². The van der Waals surface area contributed by atoms with E-state index in [-0.39, 0.29) is 17.8 Å². The number of rotatable bonds is 6. The van der Waals surface area contributed by atoms with Gasteiger partial charge >= 0.3 is 0 Å². The fraction of sp³-hybridized carbons (Fsp3) is 0.0400. The highest BCUT2D eigenvalue weighted by Crippen LogP contribution is 2.25. The number of fused-ring (bicyclic) bond motifs is 1. The lowest BCUT2D eigenvalue weighted by Gasteiger charge is -2.11. The Morgan fingerprint density at radius 1 is 0.879 bits per heavy atom. The van der Waals surface area contributed by atoms with Gasteiger partial charge in [0, 0.05) is 22.7 Å². The van der Waals surface area contributed by atoms with E-state index in [1.807, 2.05) is 54.6 Å². The molecule has 0 aliphatic carbocycles. The normalized spacial score (nSPS) is 11.8. The van der Waals surface area contributed by atoms with E-state index in [1.54, 1.807) is 42.6 Å². The van der Waals surface area contributed by atoms with Gasteiger partial charge in [-0.1, -0.05) is 66.7 Å². The van der Waals surface area contributed by atoms with Gasteiger partial charge in [-0.05, 0) is 24.3 Å². The third kappa shape index (κ3) is 4.28. The summed E-state index contributed by atoms with van der Waals surface area (Å²) in [5.41, 5.74) is 2.50. The molecule has 0 saturated heterocycles. The molecule has 5 aromatic rings. The third-order valence-corrected chi connectivity index (χ3v) is 5.09. The van der Waals surface area contributed by atoms with E-state index in [2.05, 4.69) is 25.7 Å². The molecule has 0 aliphatic rings. The molecular formula is C25H20N6O2. The van der Waals surface area contributed by atoms with E-state index in [9.17, 15) is 9.90 Å². The topological polar surface area (TPSA) is 105 Å². The van der Waals surface area contributed by atoms with Gasteiger partial charge in [0.05, 0.1) is 11.2 Å². The van der Waals surface area contributed by atoms with Gasteiger partial charge in [-0.2, -0.15) is 9.67 Å². The largest absolute Gasteiger partial charge is 0.369 e. The number of carbonyl (C=O) groups excluding carboxylic acids is 1. The highest BCUT2D eigenvalue weighted by Gasteiger charge is 2.19. The molecule has 3 N–H and O–H groups in total. The number of nitrogens with one attached hydrogen (secondary N) is 2. The van der Waals surface area contributed by atoms with E-state index in [1.165, 1.54) is 4.68 Å². The summed E-state index contributed by atoms with van der Waals surface area (Å²) in [6.07, 6.45) is 0.675. The number of aliphatic hydroxyl groups excluding tert-OH is 1. The number of hydrogen-bond acceptors (Lipinski definition) is 6. The van der Waals surface area contributed by atoms with Crippen molar-refractivity contribution in [3.05, 3.63) is 108 Å².